The number of benzene rings is 1. The van der Waals surface area contributed by atoms with Crippen LogP contribution in [0.5, 0.6) is 0 Å². The zero-order valence-electron chi connectivity index (χ0n) is 17.0. The molecule has 0 N–H and O–H groups in total. The number of unbranched alkanes of at least 4 members (excludes halogenated alkanes) is 6. The van der Waals surface area contributed by atoms with E-state index in [0.29, 0.717) is 6.04 Å². The van der Waals surface area contributed by atoms with Crippen molar-refractivity contribution in [2.45, 2.75) is 96.2 Å². The molecule has 1 fully saturated rings. The zero-order chi connectivity index (χ0) is 18.8. The highest BCUT2D eigenvalue weighted by molar-refractivity contribution is 5.66. The summed E-state index contributed by atoms with van der Waals surface area (Å²) in [6.07, 6.45) is 12.6. The van der Waals surface area contributed by atoms with E-state index in [4.69, 9.17) is 4.74 Å². The van der Waals surface area contributed by atoms with Crippen LogP contribution in [-0.2, 0) is 16.0 Å². The molecule has 3 heteroatoms. The number of carbonyl (C=O) groups is 1. The summed E-state index contributed by atoms with van der Waals surface area (Å²) >= 11 is 0. The molecule has 0 aliphatic carbocycles. The summed E-state index contributed by atoms with van der Waals surface area (Å²) in [5, 5.41) is 0. The molecule has 1 saturated heterocycles. The van der Waals surface area contributed by atoms with Gasteiger partial charge in [0.05, 0.1) is 6.04 Å². The first kappa shape index (κ1) is 21.0. The molecule has 2 rings (SSSR count). The van der Waals surface area contributed by atoms with Gasteiger partial charge in [-0.3, -0.25) is 9.69 Å². The largest absolute Gasteiger partial charge is 0.461 e. The molecular formula is C23H37NO2. The maximum atomic E-state index is 11.6. The predicted molar refractivity (Wildman–Crippen MR) is 108 cm³/mol. The summed E-state index contributed by atoms with van der Waals surface area (Å²) in [7, 11) is 2.21. The van der Waals surface area contributed by atoms with E-state index in [1.807, 2.05) is 0 Å². The molecule has 1 aliphatic rings. The smallest absolute Gasteiger partial charge is 0.302 e. The van der Waals surface area contributed by atoms with E-state index in [-0.39, 0.29) is 18.1 Å². The van der Waals surface area contributed by atoms with Gasteiger partial charge < -0.3 is 4.74 Å². The Bertz CT molecular complexity index is 516. The van der Waals surface area contributed by atoms with Gasteiger partial charge in [0.15, 0.2) is 0 Å². The van der Waals surface area contributed by atoms with E-state index in [2.05, 4.69) is 49.2 Å². The van der Waals surface area contributed by atoms with Crippen molar-refractivity contribution in [1.82, 2.24) is 4.90 Å². The summed E-state index contributed by atoms with van der Waals surface area (Å²) in [4.78, 5) is 14.0. The minimum absolute atomic E-state index is 0.0206. The summed E-state index contributed by atoms with van der Waals surface area (Å²) in [5.41, 5.74) is 1.32. The molecule has 26 heavy (non-hydrogen) atoms. The van der Waals surface area contributed by atoms with Crippen molar-refractivity contribution in [3.8, 4) is 0 Å². The first-order valence-electron chi connectivity index (χ1n) is 10.5. The zero-order valence-corrected chi connectivity index (χ0v) is 17.0. The molecule has 1 aromatic rings. The molecule has 3 nitrogen and oxygen atoms in total. The van der Waals surface area contributed by atoms with Crippen LogP contribution in [0.15, 0.2) is 30.3 Å². The Kier molecular flexibility index (Phi) is 9.17. The van der Waals surface area contributed by atoms with Gasteiger partial charge in [0.2, 0.25) is 0 Å². The van der Waals surface area contributed by atoms with Crippen LogP contribution in [0.4, 0.5) is 0 Å². The molecule has 146 valence electrons. The van der Waals surface area contributed by atoms with Crippen LogP contribution in [0.1, 0.15) is 77.2 Å². The van der Waals surface area contributed by atoms with Crippen LogP contribution in [0.2, 0.25) is 0 Å². The molecule has 0 bridgehead atoms. The number of esters is 1. The summed E-state index contributed by atoms with van der Waals surface area (Å²) in [5.74, 6) is -0.155. The molecule has 1 heterocycles. The second-order valence-corrected chi connectivity index (χ2v) is 7.87. The molecule has 3 atom stereocenters. The van der Waals surface area contributed by atoms with E-state index >= 15 is 0 Å². The Morgan fingerprint density at radius 1 is 1.08 bits per heavy atom. The number of hydrogen-bond donors (Lipinski definition) is 0. The number of carbonyl (C=O) groups excluding carboxylic acids is 1. The van der Waals surface area contributed by atoms with Crippen LogP contribution in [0.3, 0.4) is 0 Å². The van der Waals surface area contributed by atoms with Crippen LogP contribution in [0, 0.1) is 0 Å². The van der Waals surface area contributed by atoms with E-state index in [0.717, 1.165) is 12.8 Å². The molecule has 1 aliphatic heterocycles. The highest BCUT2D eigenvalue weighted by atomic mass is 16.5. The van der Waals surface area contributed by atoms with Crippen molar-refractivity contribution in [2.75, 3.05) is 7.05 Å². The van der Waals surface area contributed by atoms with E-state index in [9.17, 15) is 4.79 Å². The van der Waals surface area contributed by atoms with Crippen molar-refractivity contribution in [1.29, 1.82) is 0 Å². The average molecular weight is 360 g/mol. The lowest BCUT2D eigenvalue weighted by atomic mass is 10.0. The molecular weight excluding hydrogens is 322 g/mol. The SMILES string of the molecule is CCCCCCCCC[C@@H]1C[C@H](OC(C)=O)[C@H](Cc2ccccc2)N1C. The second-order valence-electron chi connectivity index (χ2n) is 7.87. The highest BCUT2D eigenvalue weighted by Gasteiger charge is 2.40. The van der Waals surface area contributed by atoms with Crippen molar-refractivity contribution < 1.29 is 9.53 Å². The fourth-order valence-electron chi connectivity index (χ4n) is 4.25. The van der Waals surface area contributed by atoms with Gasteiger partial charge in [-0.05, 0) is 25.5 Å². The Hall–Kier alpha value is -1.35. The van der Waals surface area contributed by atoms with Gasteiger partial charge in [-0.2, -0.15) is 0 Å². The number of likely N-dealkylation sites (N-methyl/N-ethyl adjacent to an activating group) is 1. The van der Waals surface area contributed by atoms with E-state index in [1.54, 1.807) is 0 Å². The van der Waals surface area contributed by atoms with Gasteiger partial charge in [0.25, 0.3) is 0 Å². The molecule has 0 spiro atoms. The molecule has 1 aromatic carbocycles. The molecule has 0 unspecified atom stereocenters. The fraction of sp³-hybridized carbons (Fsp3) is 0.696. The quantitative estimate of drug-likeness (QED) is 0.393. The summed E-state index contributed by atoms with van der Waals surface area (Å²) in [6, 6.07) is 11.4. The summed E-state index contributed by atoms with van der Waals surface area (Å²) in [6.45, 7) is 3.80. The Balaban J connectivity index is 1.83. The lowest BCUT2D eigenvalue weighted by Gasteiger charge is -2.27. The number of hydrogen-bond acceptors (Lipinski definition) is 3. The topological polar surface area (TPSA) is 29.5 Å². The normalized spacial score (nSPS) is 23.3. The Labute approximate surface area is 160 Å². The third kappa shape index (κ3) is 6.75. The van der Waals surface area contributed by atoms with Gasteiger partial charge in [-0.1, -0.05) is 82.2 Å². The Morgan fingerprint density at radius 3 is 2.38 bits per heavy atom. The van der Waals surface area contributed by atoms with Gasteiger partial charge in [0.1, 0.15) is 6.10 Å². The monoisotopic (exact) mass is 359 g/mol. The van der Waals surface area contributed by atoms with Crippen molar-refractivity contribution >= 4 is 5.97 Å². The molecule has 0 aromatic heterocycles. The standard InChI is InChI=1S/C23H37NO2/c1-4-5-6-7-8-9-13-16-21-18-23(26-19(2)25)22(24(21)3)17-20-14-11-10-12-15-20/h10-12,14-15,21-23H,4-9,13,16-18H2,1-3H3/t21-,22+,23+/m1/s1. The third-order valence-corrected chi connectivity index (χ3v) is 5.78. The molecule has 0 amide bonds. The minimum Gasteiger partial charge on any atom is -0.461 e. The van der Waals surface area contributed by atoms with E-state index < -0.39 is 0 Å². The predicted octanol–water partition coefficient (Wildman–Crippen LogP) is 5.37. The maximum absolute atomic E-state index is 11.6. The molecule has 0 saturated carbocycles. The lowest BCUT2D eigenvalue weighted by molar-refractivity contribution is -0.147. The van der Waals surface area contributed by atoms with Gasteiger partial charge >= 0.3 is 5.97 Å². The van der Waals surface area contributed by atoms with Crippen molar-refractivity contribution in [3.05, 3.63) is 35.9 Å². The van der Waals surface area contributed by atoms with Gasteiger partial charge in [0, 0.05) is 19.4 Å². The number of rotatable bonds is 11. The number of likely N-dealkylation sites (tertiary alicyclic amines) is 1. The van der Waals surface area contributed by atoms with Crippen LogP contribution in [0.25, 0.3) is 0 Å². The van der Waals surface area contributed by atoms with Crippen molar-refractivity contribution in [2.24, 2.45) is 0 Å². The first-order chi connectivity index (χ1) is 12.6. The second kappa shape index (κ2) is 11.4. The van der Waals surface area contributed by atoms with E-state index in [1.165, 1.54) is 63.9 Å². The van der Waals surface area contributed by atoms with Crippen LogP contribution in [-0.4, -0.2) is 36.1 Å². The number of ether oxygens (including phenoxy) is 1. The number of nitrogens with zero attached hydrogens (tertiary/aromatic N) is 1. The van der Waals surface area contributed by atoms with Crippen molar-refractivity contribution in [3.63, 3.8) is 0 Å². The van der Waals surface area contributed by atoms with Crippen LogP contribution < -0.4 is 0 Å². The summed E-state index contributed by atoms with van der Waals surface area (Å²) < 4.78 is 5.69. The fourth-order valence-corrected chi connectivity index (χ4v) is 4.25. The third-order valence-electron chi connectivity index (χ3n) is 5.78. The van der Waals surface area contributed by atoms with Crippen LogP contribution >= 0.6 is 0 Å². The molecule has 0 radical (unpaired) electrons. The lowest BCUT2D eigenvalue weighted by Crippen LogP contribution is -2.38. The average Bonchev–Trinajstić information content (AvgIpc) is 2.90. The van der Waals surface area contributed by atoms with Gasteiger partial charge in [-0.25, -0.2) is 0 Å². The highest BCUT2D eigenvalue weighted by Crippen LogP contribution is 2.31. The Morgan fingerprint density at radius 2 is 1.73 bits per heavy atom. The van der Waals surface area contributed by atoms with Gasteiger partial charge in [-0.15, -0.1) is 0 Å². The maximum Gasteiger partial charge on any atom is 0.302 e. The first-order valence-corrected chi connectivity index (χ1v) is 10.5. The minimum atomic E-state index is -0.155.